The van der Waals surface area contributed by atoms with Crippen molar-refractivity contribution in [2.75, 3.05) is 62.5 Å². The molecule has 608 valence electrons. The first-order valence-corrected chi connectivity index (χ1v) is 38.1. The highest BCUT2D eigenvalue weighted by Gasteiger charge is 2.31. The van der Waals surface area contributed by atoms with Gasteiger partial charge in [0, 0.05) is 90.4 Å². The number of carboxylic acid groups (broad SMARTS) is 1. The Bertz CT molecular complexity index is 3860. The summed E-state index contributed by atoms with van der Waals surface area (Å²) in [5, 5.41) is 47.0. The molecule has 0 radical (unpaired) electrons. The maximum atomic E-state index is 12.7. The summed E-state index contributed by atoms with van der Waals surface area (Å²) in [6.45, 7) is 24.7. The summed E-state index contributed by atoms with van der Waals surface area (Å²) in [5.74, 6) is -1.42. The number of rotatable bonds is 15. The van der Waals surface area contributed by atoms with Crippen LogP contribution in [0.2, 0.25) is 0 Å². The number of para-hydroxylation sites is 3. The van der Waals surface area contributed by atoms with Crippen LogP contribution < -0.4 is 36.8 Å². The Kier molecular flexibility index (Phi) is 50.8. The third kappa shape index (κ3) is 46.8. The maximum Gasteiger partial charge on any atom is 0.323 e. The van der Waals surface area contributed by atoms with E-state index in [0.29, 0.717) is 42.5 Å². The SMILES string of the molecule is CC(=N)N.CC(C)=N.CC(C)=N.CC(C)=N.CC(C)=N.CC1CCc2ccccc2N(CC(=O)NCc2ccccc2)C1=O.CC1CCc2ccccc2N(CC(=O)NCc2ccccc2)C1=O.CC1CCc2ccccc2N(CC(=O)O)C1=O.CN(C)Cc1ccccc1.CN(C)Cc1ccccc1.NCc1ccccc1. The summed E-state index contributed by atoms with van der Waals surface area (Å²) in [5.41, 5.74) is 24.5. The van der Waals surface area contributed by atoms with E-state index in [-0.39, 0.29) is 72.8 Å². The molecule has 113 heavy (non-hydrogen) atoms. The van der Waals surface area contributed by atoms with Crippen LogP contribution >= 0.6 is 0 Å². The van der Waals surface area contributed by atoms with Gasteiger partial charge in [0.25, 0.3) is 0 Å². The number of anilines is 3. The monoisotopic (exact) mass is 1540 g/mol. The molecule has 12 N–H and O–H groups in total. The van der Waals surface area contributed by atoms with Crippen molar-refractivity contribution in [2.45, 2.75) is 154 Å². The molecule has 3 aliphatic heterocycles. The molecular formula is C92H128N14O7. The van der Waals surface area contributed by atoms with Crippen LogP contribution in [0.25, 0.3) is 0 Å². The molecule has 5 amide bonds. The van der Waals surface area contributed by atoms with Crippen molar-refractivity contribution in [3.63, 3.8) is 0 Å². The van der Waals surface area contributed by atoms with Crippen molar-refractivity contribution < 1.29 is 33.9 Å². The van der Waals surface area contributed by atoms with E-state index in [1.165, 1.54) is 28.5 Å². The Labute approximate surface area is 674 Å². The van der Waals surface area contributed by atoms with E-state index in [0.717, 1.165) is 96.5 Å². The second kappa shape index (κ2) is 57.6. The molecule has 11 rings (SSSR count). The van der Waals surface area contributed by atoms with E-state index >= 15 is 0 Å². The molecule has 0 aromatic heterocycles. The molecule has 3 atom stereocenters. The Morgan fingerprint density at radius 1 is 0.381 bits per heavy atom. The standard InChI is InChI=1S/2C20H22N2O2.C13H15NO3.2C9H13N.C7H9N.4C3H7N.C2H6N2/c2*1-15-11-12-17-9-5-6-10-18(17)22(20(15)24)14-19(23)21-13-16-7-3-2-4-8-16;1-9-6-7-10-4-2-3-5-11(10)14(13(9)17)8-12(15)16;2*1-10(2)8-9-6-4-3-5-7-9;8-6-7-4-2-1-3-5-7;4*1-3(2)4;1-2(3)4/h2*2-10,15H,11-14H2,1H3,(H,21,23);2-5,9H,6-8H2,1H3,(H,15,16);2*3-7H,8H2,1-2H3;1-5H,6,8H2;4*4H,1-2H3;1H3,(H3,3,4). The van der Waals surface area contributed by atoms with Crippen molar-refractivity contribution in [1.29, 1.82) is 27.0 Å². The number of fused-ring (bicyclic) bond motifs is 3. The van der Waals surface area contributed by atoms with Crippen LogP contribution in [0, 0.1) is 44.8 Å². The van der Waals surface area contributed by atoms with Gasteiger partial charge in [-0.3, -0.25) is 34.2 Å². The quantitative estimate of drug-likeness (QED) is 0.0340. The van der Waals surface area contributed by atoms with Gasteiger partial charge in [0.15, 0.2) is 0 Å². The molecule has 21 nitrogen and oxygen atoms in total. The van der Waals surface area contributed by atoms with E-state index in [2.05, 4.69) is 97.2 Å². The van der Waals surface area contributed by atoms with Gasteiger partial charge in [-0.05, 0) is 192 Å². The Morgan fingerprint density at radius 2 is 0.593 bits per heavy atom. The highest BCUT2D eigenvalue weighted by atomic mass is 16.4. The zero-order valence-electron chi connectivity index (χ0n) is 69.8. The highest BCUT2D eigenvalue weighted by Crippen LogP contribution is 2.32. The maximum absolute atomic E-state index is 12.7. The molecule has 3 aliphatic rings. The fraction of sp³-hybridized carbons (Fsp3) is 0.359. The number of hydrogen-bond donors (Lipinski definition) is 10. The summed E-state index contributed by atoms with van der Waals surface area (Å²) in [6, 6.07) is 73.7. The molecule has 8 aromatic rings. The molecule has 21 heteroatoms. The summed E-state index contributed by atoms with van der Waals surface area (Å²) < 4.78 is 0. The van der Waals surface area contributed by atoms with E-state index in [9.17, 15) is 28.8 Å². The molecule has 0 fully saturated rings. The highest BCUT2D eigenvalue weighted by molar-refractivity contribution is 6.02. The number of aliphatic carboxylic acids is 1. The minimum Gasteiger partial charge on any atom is -0.480 e. The fourth-order valence-corrected chi connectivity index (χ4v) is 10.7. The van der Waals surface area contributed by atoms with Crippen LogP contribution in [-0.2, 0) is 80.8 Å². The Morgan fingerprint density at radius 3 is 0.814 bits per heavy atom. The molecule has 3 unspecified atom stereocenters. The van der Waals surface area contributed by atoms with Crippen molar-refractivity contribution >= 4 is 81.2 Å². The van der Waals surface area contributed by atoms with Crippen molar-refractivity contribution in [3.8, 4) is 0 Å². The fourth-order valence-electron chi connectivity index (χ4n) is 10.7. The third-order valence-electron chi connectivity index (χ3n) is 15.8. The van der Waals surface area contributed by atoms with Gasteiger partial charge >= 0.3 is 5.97 Å². The number of amides is 5. The second-order valence-electron chi connectivity index (χ2n) is 28.7. The lowest BCUT2D eigenvalue weighted by Gasteiger charge is -2.24. The van der Waals surface area contributed by atoms with E-state index in [1.54, 1.807) is 65.2 Å². The minimum absolute atomic E-state index is 0.0230. The smallest absolute Gasteiger partial charge is 0.323 e. The van der Waals surface area contributed by atoms with E-state index in [1.807, 2.05) is 197 Å². The molecule has 8 aromatic carbocycles. The largest absolute Gasteiger partial charge is 0.480 e. The third-order valence-corrected chi connectivity index (χ3v) is 15.8. The zero-order chi connectivity index (χ0) is 84.8. The van der Waals surface area contributed by atoms with E-state index in [4.69, 9.17) is 43.6 Å². The molecule has 0 saturated carbocycles. The number of hydrogen-bond acceptors (Lipinski definition) is 14. The van der Waals surface area contributed by atoms with Crippen LogP contribution in [0.5, 0.6) is 0 Å². The predicted molar refractivity (Wildman–Crippen MR) is 469 cm³/mol. The average Bonchev–Trinajstić information content (AvgIpc) is 1.73. The number of nitrogens with one attached hydrogen (secondary N) is 7. The number of nitrogens with zero attached hydrogens (tertiary/aromatic N) is 5. The van der Waals surface area contributed by atoms with Gasteiger partial charge in [0.05, 0.1) is 5.84 Å². The normalized spacial score (nSPS) is 13.8. The lowest BCUT2D eigenvalue weighted by Crippen LogP contribution is -2.42. The van der Waals surface area contributed by atoms with Crippen molar-refractivity contribution in [2.24, 2.45) is 29.2 Å². The summed E-state index contributed by atoms with van der Waals surface area (Å²) >= 11 is 0. The molecule has 0 spiro atoms. The van der Waals surface area contributed by atoms with Crippen molar-refractivity contribution in [3.05, 3.63) is 269 Å². The predicted octanol–water partition coefficient (Wildman–Crippen LogP) is 16.3. The van der Waals surface area contributed by atoms with Crippen LogP contribution in [0.3, 0.4) is 0 Å². The zero-order valence-corrected chi connectivity index (χ0v) is 69.8. The number of nitrogens with two attached hydrogens (primary N) is 2. The van der Waals surface area contributed by atoms with Crippen LogP contribution in [-0.4, -0.2) is 127 Å². The van der Waals surface area contributed by atoms with Crippen LogP contribution in [0.15, 0.2) is 224 Å². The van der Waals surface area contributed by atoms with Crippen molar-refractivity contribution in [1.82, 2.24) is 20.4 Å². The molecule has 0 aliphatic carbocycles. The van der Waals surface area contributed by atoms with Gasteiger partial charge < -0.3 is 73.3 Å². The molecule has 0 saturated heterocycles. The lowest BCUT2D eigenvalue weighted by molar-refractivity contribution is -0.137. The average molecular weight is 1540 g/mol. The number of aryl methyl sites for hydroxylation is 3. The first kappa shape index (κ1) is 99.6. The first-order chi connectivity index (χ1) is 53.6. The molecule has 3 heterocycles. The van der Waals surface area contributed by atoms with Crippen LogP contribution in [0.4, 0.5) is 17.1 Å². The number of benzene rings is 8. The molecular weight excluding hydrogens is 1410 g/mol. The number of carbonyl (C=O) groups excluding carboxylic acids is 5. The van der Waals surface area contributed by atoms with Gasteiger partial charge in [-0.15, -0.1) is 0 Å². The summed E-state index contributed by atoms with van der Waals surface area (Å²) in [4.78, 5) is 82.0. The van der Waals surface area contributed by atoms with Gasteiger partial charge in [-0.2, -0.15) is 0 Å². The summed E-state index contributed by atoms with van der Waals surface area (Å²) in [7, 11) is 8.31. The minimum atomic E-state index is -0.984. The first-order valence-electron chi connectivity index (χ1n) is 38.1. The Balaban J connectivity index is 0.000000667. The van der Waals surface area contributed by atoms with Gasteiger partial charge in [0.2, 0.25) is 29.5 Å². The Hall–Kier alpha value is -11.4. The van der Waals surface area contributed by atoms with Gasteiger partial charge in [-0.1, -0.05) is 227 Å². The number of carboxylic acids is 1. The van der Waals surface area contributed by atoms with Gasteiger partial charge in [-0.25, -0.2) is 0 Å². The number of carbonyl (C=O) groups is 6. The molecule has 0 bridgehead atoms. The topological polar surface area (TPSA) is 334 Å². The van der Waals surface area contributed by atoms with E-state index < -0.39 is 5.97 Å². The second-order valence-corrected chi connectivity index (χ2v) is 28.7. The lowest BCUT2D eigenvalue weighted by atomic mass is 10.0. The van der Waals surface area contributed by atoms with Crippen LogP contribution in [0.1, 0.15) is 147 Å². The number of amidine groups is 1. The van der Waals surface area contributed by atoms with Gasteiger partial charge in [0.1, 0.15) is 19.6 Å². The summed E-state index contributed by atoms with van der Waals surface area (Å²) in [6.07, 6.45) is 4.96.